The summed E-state index contributed by atoms with van der Waals surface area (Å²) in [5, 5.41) is 21.1. The van der Waals surface area contributed by atoms with Crippen LogP contribution >= 0.6 is 0 Å². The third-order valence-corrected chi connectivity index (χ3v) is 5.56. The number of aliphatic hydroxyl groups excluding tert-OH is 1. The molecule has 0 unspecified atom stereocenters. The van der Waals surface area contributed by atoms with Crippen molar-refractivity contribution in [3.63, 3.8) is 0 Å². The second-order valence-corrected chi connectivity index (χ2v) is 7.39. The van der Waals surface area contributed by atoms with Gasteiger partial charge in [0.2, 0.25) is 0 Å². The van der Waals surface area contributed by atoms with E-state index in [1.165, 1.54) is 11.1 Å². The van der Waals surface area contributed by atoms with E-state index < -0.39 is 5.97 Å². The Balaban J connectivity index is 1.99. The Morgan fingerprint density at radius 3 is 2.64 bits per heavy atom. The number of hydrogen-bond donors (Lipinski definition) is 3. The molecule has 0 fully saturated rings. The second-order valence-electron chi connectivity index (χ2n) is 7.39. The summed E-state index contributed by atoms with van der Waals surface area (Å²) in [5.41, 5.74) is 6.46. The fourth-order valence-electron chi connectivity index (χ4n) is 4.09. The minimum Gasteiger partial charge on any atom is -0.512 e. The Morgan fingerprint density at radius 1 is 1.18 bits per heavy atom. The number of aromatic carboxylic acids is 1. The van der Waals surface area contributed by atoms with Crippen LogP contribution in [0, 0.1) is 0 Å². The molecule has 3 N–H and O–H groups in total. The molecule has 4 rings (SSSR count). The van der Waals surface area contributed by atoms with Crippen molar-refractivity contribution in [3.05, 3.63) is 58.6 Å². The first-order chi connectivity index (χ1) is 13.5. The van der Waals surface area contributed by atoms with Gasteiger partial charge >= 0.3 is 5.97 Å². The lowest BCUT2D eigenvalue weighted by molar-refractivity contribution is 0.0691. The molecule has 5 heteroatoms. The van der Waals surface area contributed by atoms with Gasteiger partial charge in [0.15, 0.2) is 0 Å². The van der Waals surface area contributed by atoms with Crippen molar-refractivity contribution in [1.29, 1.82) is 0 Å². The molecule has 28 heavy (non-hydrogen) atoms. The molecule has 1 aromatic carbocycles. The highest BCUT2D eigenvalue weighted by atomic mass is 16.4. The number of carboxylic acids is 1. The highest BCUT2D eigenvalue weighted by molar-refractivity contribution is 6.10. The van der Waals surface area contributed by atoms with Gasteiger partial charge < -0.3 is 15.2 Å². The number of hydrogen-bond acceptors (Lipinski definition) is 3. The van der Waals surface area contributed by atoms with Crippen molar-refractivity contribution in [3.8, 4) is 0 Å². The standard InChI is InChI=1S/C23H24N2O3/c1-3-14(26)9-8-13(2)22-16-7-5-4-6-15(16)21-17-12-20(23(27)28)24-18(17)10-11-19(21)25-22/h8-12,24,26H,3-7H2,1-2H3,(H,27,28)/b13-8+,14-9+. The normalized spacial score (nSPS) is 15.2. The number of carbonyl (C=O) groups is 1. The number of fused-ring (bicyclic) bond motifs is 5. The van der Waals surface area contributed by atoms with Gasteiger partial charge in [0.05, 0.1) is 17.0 Å². The van der Waals surface area contributed by atoms with Gasteiger partial charge in [-0.1, -0.05) is 13.0 Å². The number of allylic oxidation sites excluding steroid dienone is 4. The van der Waals surface area contributed by atoms with Crippen LogP contribution in [-0.4, -0.2) is 26.2 Å². The predicted octanol–water partition coefficient (Wildman–Crippen LogP) is 5.55. The third kappa shape index (κ3) is 3.07. The van der Waals surface area contributed by atoms with Gasteiger partial charge in [-0.05, 0) is 73.6 Å². The molecule has 1 aliphatic carbocycles. The molecule has 0 amide bonds. The minimum atomic E-state index is -0.955. The first-order valence-corrected chi connectivity index (χ1v) is 9.77. The van der Waals surface area contributed by atoms with E-state index in [4.69, 9.17) is 4.98 Å². The zero-order chi connectivity index (χ0) is 19.8. The number of aromatic nitrogens is 2. The van der Waals surface area contributed by atoms with E-state index in [1.54, 1.807) is 12.1 Å². The van der Waals surface area contributed by atoms with Gasteiger partial charge in [0, 0.05) is 22.7 Å². The molecular weight excluding hydrogens is 352 g/mol. The highest BCUT2D eigenvalue weighted by Crippen LogP contribution is 2.37. The van der Waals surface area contributed by atoms with Crippen LogP contribution in [0.4, 0.5) is 0 Å². The molecule has 1 aliphatic rings. The van der Waals surface area contributed by atoms with Crippen LogP contribution in [-0.2, 0) is 12.8 Å². The molecule has 0 aliphatic heterocycles. The number of nitrogens with zero attached hydrogens (tertiary/aromatic N) is 1. The molecule has 144 valence electrons. The lowest BCUT2D eigenvalue weighted by atomic mass is 9.85. The molecule has 3 aromatic rings. The highest BCUT2D eigenvalue weighted by Gasteiger charge is 2.21. The van der Waals surface area contributed by atoms with Gasteiger partial charge in [-0.2, -0.15) is 0 Å². The number of aryl methyl sites for hydroxylation is 1. The van der Waals surface area contributed by atoms with Gasteiger partial charge in [-0.25, -0.2) is 9.78 Å². The molecule has 0 atom stereocenters. The maximum Gasteiger partial charge on any atom is 0.352 e. The summed E-state index contributed by atoms with van der Waals surface area (Å²) < 4.78 is 0. The largest absolute Gasteiger partial charge is 0.512 e. The maximum atomic E-state index is 11.4. The minimum absolute atomic E-state index is 0.201. The summed E-state index contributed by atoms with van der Waals surface area (Å²) in [6.07, 6.45) is 8.46. The Bertz CT molecular complexity index is 1150. The van der Waals surface area contributed by atoms with E-state index in [2.05, 4.69) is 4.98 Å². The SMILES string of the molecule is CC/C(O)=C\C=C(/C)c1nc2ccc3[nH]c(C(=O)O)cc3c2c2c1CCCC2. The third-order valence-electron chi connectivity index (χ3n) is 5.56. The number of rotatable bonds is 4. The number of benzene rings is 1. The predicted molar refractivity (Wildman–Crippen MR) is 112 cm³/mol. The Kier molecular flexibility index (Phi) is 4.67. The second kappa shape index (κ2) is 7.15. The van der Waals surface area contributed by atoms with Crippen molar-refractivity contribution >= 4 is 33.3 Å². The van der Waals surface area contributed by atoms with Crippen molar-refractivity contribution in [1.82, 2.24) is 9.97 Å². The number of nitrogens with one attached hydrogen (secondary N) is 1. The number of carboxylic acid groups (broad SMARTS) is 1. The lowest BCUT2D eigenvalue weighted by Gasteiger charge is -2.22. The van der Waals surface area contributed by atoms with E-state index in [1.807, 2.05) is 32.1 Å². The van der Waals surface area contributed by atoms with Crippen molar-refractivity contribution in [2.75, 3.05) is 0 Å². The fraction of sp³-hybridized carbons (Fsp3) is 0.304. The van der Waals surface area contributed by atoms with E-state index >= 15 is 0 Å². The lowest BCUT2D eigenvalue weighted by Crippen LogP contribution is -2.09. The van der Waals surface area contributed by atoms with Gasteiger partial charge in [0.25, 0.3) is 0 Å². The number of pyridine rings is 1. The zero-order valence-corrected chi connectivity index (χ0v) is 16.2. The van der Waals surface area contributed by atoms with Gasteiger partial charge in [-0.15, -0.1) is 0 Å². The quantitative estimate of drug-likeness (QED) is 0.412. The van der Waals surface area contributed by atoms with Crippen molar-refractivity contribution < 1.29 is 15.0 Å². The van der Waals surface area contributed by atoms with Crippen LogP contribution in [0.3, 0.4) is 0 Å². The van der Waals surface area contributed by atoms with E-state index in [0.29, 0.717) is 12.2 Å². The smallest absolute Gasteiger partial charge is 0.352 e. The Labute approximate surface area is 163 Å². The Morgan fingerprint density at radius 2 is 1.93 bits per heavy atom. The van der Waals surface area contributed by atoms with Crippen LogP contribution in [0.5, 0.6) is 0 Å². The fourth-order valence-corrected chi connectivity index (χ4v) is 4.09. The summed E-state index contributed by atoms with van der Waals surface area (Å²) in [5.74, 6) is -0.603. The van der Waals surface area contributed by atoms with Crippen LogP contribution in [0.15, 0.2) is 36.1 Å². The molecule has 0 radical (unpaired) electrons. The average Bonchev–Trinajstić information content (AvgIpc) is 3.15. The van der Waals surface area contributed by atoms with Crippen LogP contribution in [0.25, 0.3) is 27.4 Å². The molecule has 0 spiro atoms. The molecular formula is C23H24N2O3. The molecule has 0 saturated carbocycles. The maximum absolute atomic E-state index is 11.4. The topological polar surface area (TPSA) is 86.2 Å². The van der Waals surface area contributed by atoms with Crippen LogP contribution in [0.2, 0.25) is 0 Å². The molecule has 5 nitrogen and oxygen atoms in total. The summed E-state index contributed by atoms with van der Waals surface area (Å²) >= 11 is 0. The van der Waals surface area contributed by atoms with Gasteiger partial charge in [-0.3, -0.25) is 0 Å². The van der Waals surface area contributed by atoms with Crippen molar-refractivity contribution in [2.45, 2.75) is 46.0 Å². The summed E-state index contributed by atoms with van der Waals surface area (Å²) in [7, 11) is 0. The summed E-state index contributed by atoms with van der Waals surface area (Å²) in [6, 6.07) is 5.59. The van der Waals surface area contributed by atoms with Gasteiger partial charge in [0.1, 0.15) is 5.69 Å². The van der Waals surface area contributed by atoms with Crippen LogP contribution in [0.1, 0.15) is 60.4 Å². The van der Waals surface area contributed by atoms with E-state index in [0.717, 1.165) is 58.8 Å². The number of aromatic amines is 1. The molecule has 2 heterocycles. The first kappa shape index (κ1) is 18.3. The average molecular weight is 376 g/mol. The Hall–Kier alpha value is -3.08. The number of H-pyrrole nitrogens is 1. The monoisotopic (exact) mass is 376 g/mol. The molecule has 2 aromatic heterocycles. The molecule has 0 bridgehead atoms. The number of aliphatic hydroxyl groups is 1. The van der Waals surface area contributed by atoms with Crippen LogP contribution < -0.4 is 0 Å². The molecule has 0 saturated heterocycles. The van der Waals surface area contributed by atoms with Crippen molar-refractivity contribution in [2.24, 2.45) is 0 Å². The van der Waals surface area contributed by atoms with E-state index in [-0.39, 0.29) is 5.69 Å². The summed E-state index contributed by atoms with van der Waals surface area (Å²) in [6.45, 7) is 3.94. The zero-order valence-electron chi connectivity index (χ0n) is 16.2. The van der Waals surface area contributed by atoms with E-state index in [9.17, 15) is 15.0 Å². The summed E-state index contributed by atoms with van der Waals surface area (Å²) in [4.78, 5) is 19.4. The first-order valence-electron chi connectivity index (χ1n) is 9.77.